The van der Waals surface area contributed by atoms with E-state index >= 15 is 0 Å². The predicted octanol–water partition coefficient (Wildman–Crippen LogP) is 0.0255. The molecule has 0 aliphatic heterocycles. The second-order valence-electron chi connectivity index (χ2n) is 2.93. The van der Waals surface area contributed by atoms with E-state index in [1.54, 1.807) is 7.11 Å². The van der Waals surface area contributed by atoms with Crippen LogP contribution in [-0.2, 0) is 9.47 Å². The largest absolute Gasteiger partial charge is 0.390 e. The molecule has 14 heavy (non-hydrogen) atoms. The summed E-state index contributed by atoms with van der Waals surface area (Å²) < 4.78 is 10.1. The predicted molar refractivity (Wildman–Crippen MR) is 57.7 cm³/mol. The topological polar surface area (TPSA) is 88.6 Å². The quantitative estimate of drug-likeness (QED) is 0.417. The fourth-order valence-electron chi connectivity index (χ4n) is 0.792. The van der Waals surface area contributed by atoms with Gasteiger partial charge in [0.2, 0.25) is 0 Å². The van der Waals surface area contributed by atoms with Gasteiger partial charge in [-0.15, -0.1) is 0 Å². The van der Waals surface area contributed by atoms with E-state index in [0.717, 1.165) is 11.8 Å². The maximum Gasteiger partial charge on any atom is 0.151 e. The van der Waals surface area contributed by atoms with Crippen molar-refractivity contribution < 1.29 is 14.6 Å². The highest BCUT2D eigenvalue weighted by Gasteiger charge is 2.08. The lowest BCUT2D eigenvalue weighted by Crippen LogP contribution is -2.25. The van der Waals surface area contributed by atoms with Gasteiger partial charge in [0.15, 0.2) is 5.17 Å². The Morgan fingerprint density at radius 1 is 1.57 bits per heavy atom. The Morgan fingerprint density at radius 3 is 2.71 bits per heavy atom. The van der Waals surface area contributed by atoms with Crippen LogP contribution in [-0.4, -0.2) is 48.6 Å². The first-order chi connectivity index (χ1) is 6.56. The first-order valence-electron chi connectivity index (χ1n) is 4.31. The van der Waals surface area contributed by atoms with Crippen LogP contribution >= 0.6 is 11.8 Å². The average molecular weight is 222 g/mol. The number of amidine groups is 1. The minimum atomic E-state index is -0.594. The molecule has 2 atom stereocenters. The number of thioether (sulfide) groups is 1. The van der Waals surface area contributed by atoms with Crippen molar-refractivity contribution >= 4 is 16.9 Å². The van der Waals surface area contributed by atoms with Gasteiger partial charge in [0.05, 0.1) is 25.4 Å². The lowest BCUT2D eigenvalue weighted by atomic mass is 10.4. The second kappa shape index (κ2) is 8.05. The number of methoxy groups -OCH3 is 1. The lowest BCUT2D eigenvalue weighted by molar-refractivity contribution is -0.0256. The maximum atomic E-state index is 9.38. The summed E-state index contributed by atoms with van der Waals surface area (Å²) >= 11 is 1.10. The minimum absolute atomic E-state index is 0.00832. The average Bonchev–Trinajstić information content (AvgIpc) is 2.12. The van der Waals surface area contributed by atoms with Gasteiger partial charge in [-0.2, -0.15) is 0 Å². The molecule has 0 aromatic carbocycles. The van der Waals surface area contributed by atoms with Gasteiger partial charge in [-0.3, -0.25) is 5.41 Å². The van der Waals surface area contributed by atoms with Crippen LogP contribution in [0.3, 0.4) is 0 Å². The molecule has 0 aliphatic rings. The third kappa shape index (κ3) is 8.31. The Hall–Kier alpha value is -0.300. The van der Waals surface area contributed by atoms with E-state index in [4.69, 9.17) is 20.6 Å². The Morgan fingerprint density at radius 2 is 2.21 bits per heavy atom. The smallest absolute Gasteiger partial charge is 0.151 e. The van der Waals surface area contributed by atoms with Crippen LogP contribution in [0.2, 0.25) is 0 Å². The second-order valence-corrected chi connectivity index (χ2v) is 3.99. The summed E-state index contributed by atoms with van der Waals surface area (Å²) in [5.41, 5.74) is 5.12. The van der Waals surface area contributed by atoms with Crippen LogP contribution in [0, 0.1) is 5.41 Å². The van der Waals surface area contributed by atoms with Crippen molar-refractivity contribution in [1.29, 1.82) is 5.41 Å². The van der Waals surface area contributed by atoms with Gasteiger partial charge >= 0.3 is 0 Å². The fraction of sp³-hybridized carbons (Fsp3) is 0.875. The van der Waals surface area contributed by atoms with Crippen molar-refractivity contribution in [2.75, 3.05) is 26.1 Å². The Bertz CT molecular complexity index is 169. The first-order valence-corrected chi connectivity index (χ1v) is 5.30. The number of hydrogen-bond acceptors (Lipinski definition) is 5. The molecule has 0 radical (unpaired) electrons. The molecular formula is C8H18N2O3S. The molecule has 4 N–H and O–H groups in total. The van der Waals surface area contributed by atoms with Crippen LogP contribution in [0.1, 0.15) is 6.92 Å². The van der Waals surface area contributed by atoms with E-state index in [9.17, 15) is 5.11 Å². The third-order valence-corrected chi connectivity index (χ3v) is 2.27. The highest BCUT2D eigenvalue weighted by atomic mass is 32.2. The molecule has 0 aromatic rings. The van der Waals surface area contributed by atoms with Crippen LogP contribution < -0.4 is 5.73 Å². The molecule has 0 bridgehead atoms. The molecule has 0 heterocycles. The first kappa shape index (κ1) is 13.7. The van der Waals surface area contributed by atoms with E-state index in [-0.39, 0.29) is 17.9 Å². The standard InChI is InChI=1S/C8H18N2O3S/c1-6(3-12-2)13-4-7(11)5-14-8(9)10/h6-7,11H,3-5H2,1-2H3,(H3,9,10). The number of nitrogens with one attached hydrogen (secondary N) is 1. The van der Waals surface area contributed by atoms with E-state index in [2.05, 4.69) is 0 Å². The molecule has 0 aromatic heterocycles. The molecule has 0 saturated carbocycles. The molecule has 84 valence electrons. The summed E-state index contributed by atoms with van der Waals surface area (Å²) in [6, 6.07) is 0. The number of ether oxygens (including phenoxy) is 2. The molecular weight excluding hydrogens is 204 g/mol. The van der Waals surface area contributed by atoms with E-state index < -0.39 is 6.10 Å². The van der Waals surface area contributed by atoms with Crippen molar-refractivity contribution in [3.05, 3.63) is 0 Å². The van der Waals surface area contributed by atoms with E-state index in [1.165, 1.54) is 0 Å². The molecule has 5 nitrogen and oxygen atoms in total. The highest BCUT2D eigenvalue weighted by Crippen LogP contribution is 2.03. The Kier molecular flexibility index (Phi) is 7.87. The van der Waals surface area contributed by atoms with Crippen LogP contribution in [0.15, 0.2) is 0 Å². The van der Waals surface area contributed by atoms with Gasteiger partial charge in [-0.1, -0.05) is 11.8 Å². The molecule has 0 saturated heterocycles. The SMILES string of the molecule is COCC(C)OCC(O)CSC(=N)N. The third-order valence-electron chi connectivity index (χ3n) is 1.41. The highest BCUT2D eigenvalue weighted by molar-refractivity contribution is 8.13. The zero-order valence-electron chi connectivity index (χ0n) is 8.53. The summed E-state index contributed by atoms with van der Waals surface area (Å²) in [4.78, 5) is 0. The van der Waals surface area contributed by atoms with Crippen molar-refractivity contribution in [2.24, 2.45) is 5.73 Å². The zero-order valence-corrected chi connectivity index (χ0v) is 9.34. The van der Waals surface area contributed by atoms with E-state index in [0.29, 0.717) is 12.4 Å². The molecule has 0 fully saturated rings. The van der Waals surface area contributed by atoms with Crippen LogP contribution in [0.5, 0.6) is 0 Å². The number of hydrogen-bond donors (Lipinski definition) is 3. The number of aliphatic hydroxyl groups is 1. The zero-order chi connectivity index (χ0) is 11.0. The molecule has 0 aliphatic carbocycles. The van der Waals surface area contributed by atoms with Gasteiger partial charge < -0.3 is 20.3 Å². The molecule has 6 heteroatoms. The Labute approximate surface area is 88.5 Å². The van der Waals surface area contributed by atoms with Crippen LogP contribution in [0.25, 0.3) is 0 Å². The van der Waals surface area contributed by atoms with Crippen LogP contribution in [0.4, 0.5) is 0 Å². The van der Waals surface area contributed by atoms with Gasteiger partial charge in [-0.25, -0.2) is 0 Å². The molecule has 0 rings (SSSR count). The van der Waals surface area contributed by atoms with Crippen molar-refractivity contribution in [1.82, 2.24) is 0 Å². The molecule has 0 amide bonds. The van der Waals surface area contributed by atoms with Crippen molar-refractivity contribution in [3.8, 4) is 0 Å². The Balaban J connectivity index is 3.42. The molecule has 2 unspecified atom stereocenters. The van der Waals surface area contributed by atoms with Gasteiger partial charge in [0.1, 0.15) is 0 Å². The summed E-state index contributed by atoms with van der Waals surface area (Å²) in [6.07, 6.45) is -0.625. The summed E-state index contributed by atoms with van der Waals surface area (Å²) in [6.45, 7) is 2.62. The van der Waals surface area contributed by atoms with Crippen molar-refractivity contribution in [2.45, 2.75) is 19.1 Å². The summed E-state index contributed by atoms with van der Waals surface area (Å²) in [7, 11) is 1.60. The molecule has 0 spiro atoms. The number of rotatable bonds is 7. The van der Waals surface area contributed by atoms with Gasteiger partial charge in [0, 0.05) is 12.9 Å². The van der Waals surface area contributed by atoms with Crippen molar-refractivity contribution in [3.63, 3.8) is 0 Å². The lowest BCUT2D eigenvalue weighted by Gasteiger charge is -2.15. The van der Waals surface area contributed by atoms with Gasteiger partial charge in [0.25, 0.3) is 0 Å². The summed E-state index contributed by atoms with van der Waals surface area (Å²) in [5, 5.41) is 16.3. The maximum absolute atomic E-state index is 9.38. The number of aliphatic hydroxyl groups excluding tert-OH is 1. The minimum Gasteiger partial charge on any atom is -0.390 e. The monoisotopic (exact) mass is 222 g/mol. The normalized spacial score (nSPS) is 15.1. The van der Waals surface area contributed by atoms with E-state index in [1.807, 2.05) is 6.92 Å². The summed E-state index contributed by atoms with van der Waals surface area (Å²) in [5.74, 6) is 0.384. The fourth-order valence-corrected chi connectivity index (χ4v) is 1.26. The van der Waals surface area contributed by atoms with Gasteiger partial charge in [-0.05, 0) is 6.92 Å². The number of nitrogens with two attached hydrogens (primary N) is 1.